The Labute approximate surface area is 205 Å². The number of nitriles is 1. The number of carbonyl (C=O) groups is 2. The van der Waals surface area contributed by atoms with Crippen LogP contribution in [0.5, 0.6) is 0 Å². The lowest BCUT2D eigenvalue weighted by molar-refractivity contribution is -0.124. The number of aromatic nitrogens is 1. The van der Waals surface area contributed by atoms with Gasteiger partial charge in [-0.3, -0.25) is 14.6 Å². The zero-order valence-corrected chi connectivity index (χ0v) is 20.1. The van der Waals surface area contributed by atoms with Gasteiger partial charge in [0.05, 0.1) is 17.6 Å². The first-order valence-corrected chi connectivity index (χ1v) is 12.0. The van der Waals surface area contributed by atoms with Gasteiger partial charge in [-0.15, -0.1) is 0 Å². The maximum Gasteiger partial charge on any atom is 0.232 e. The normalized spacial score (nSPS) is 18.4. The second kappa shape index (κ2) is 8.99. The van der Waals surface area contributed by atoms with E-state index in [1.165, 1.54) is 16.7 Å². The van der Waals surface area contributed by atoms with Gasteiger partial charge in [0, 0.05) is 48.7 Å². The molecule has 3 aromatic rings. The number of hydrogen-bond donors (Lipinski definition) is 0. The van der Waals surface area contributed by atoms with Crippen molar-refractivity contribution in [2.75, 3.05) is 22.9 Å². The quantitative estimate of drug-likeness (QED) is 0.560. The molecule has 1 fully saturated rings. The van der Waals surface area contributed by atoms with Gasteiger partial charge in [-0.1, -0.05) is 32.0 Å². The molecular weight excluding hydrogens is 436 g/mol. The lowest BCUT2D eigenvalue weighted by Gasteiger charge is -2.23. The number of aryl methyl sites for hydroxylation is 2. The van der Waals surface area contributed by atoms with Crippen LogP contribution in [0.1, 0.15) is 42.5 Å². The van der Waals surface area contributed by atoms with E-state index in [1.807, 2.05) is 35.5 Å². The third-order valence-corrected chi connectivity index (χ3v) is 7.11. The number of carbonyl (C=O) groups excluding carboxylic acids is 2. The summed E-state index contributed by atoms with van der Waals surface area (Å²) in [6.07, 6.45) is 5.69. The number of fused-ring (bicyclic) bond motifs is 1. The van der Waals surface area contributed by atoms with E-state index in [9.17, 15) is 14.9 Å². The Hall–Kier alpha value is -3.98. The standard InChI is InChI=1S/C29H28N4O2/c1-29(2)19-33(26-9-8-21(15-25(26)29)7-6-20-10-12-31-13-11-20)28(35)23-16-27(34)32(18-23)24-5-3-4-22(14-24)17-30/h3-5,8-15,23H,6-7,16,18-19H2,1-2H3. The van der Waals surface area contributed by atoms with E-state index in [2.05, 4.69) is 43.1 Å². The Morgan fingerprint density at radius 1 is 1.09 bits per heavy atom. The van der Waals surface area contributed by atoms with E-state index in [-0.39, 0.29) is 23.7 Å². The third-order valence-electron chi connectivity index (χ3n) is 7.11. The van der Waals surface area contributed by atoms with Crippen LogP contribution in [0.3, 0.4) is 0 Å². The molecule has 6 nitrogen and oxygen atoms in total. The molecule has 2 aromatic carbocycles. The van der Waals surface area contributed by atoms with Crippen LogP contribution in [0.25, 0.3) is 0 Å². The summed E-state index contributed by atoms with van der Waals surface area (Å²) >= 11 is 0. The maximum absolute atomic E-state index is 13.6. The molecule has 5 rings (SSSR count). The number of nitrogens with zero attached hydrogens (tertiary/aromatic N) is 4. The average Bonchev–Trinajstić information content (AvgIpc) is 3.39. The molecule has 2 aliphatic heterocycles. The molecule has 0 aliphatic carbocycles. The monoisotopic (exact) mass is 464 g/mol. The summed E-state index contributed by atoms with van der Waals surface area (Å²) in [6, 6.07) is 19.6. The predicted octanol–water partition coefficient (Wildman–Crippen LogP) is 4.42. The smallest absolute Gasteiger partial charge is 0.232 e. The van der Waals surface area contributed by atoms with Crippen LogP contribution < -0.4 is 9.80 Å². The zero-order chi connectivity index (χ0) is 24.6. The van der Waals surface area contributed by atoms with Crippen molar-refractivity contribution in [2.45, 2.75) is 38.5 Å². The Balaban J connectivity index is 1.33. The molecule has 0 N–H and O–H groups in total. The number of hydrogen-bond acceptors (Lipinski definition) is 4. The van der Waals surface area contributed by atoms with Crippen LogP contribution in [0, 0.1) is 17.2 Å². The first-order chi connectivity index (χ1) is 16.9. The minimum absolute atomic E-state index is 0.00588. The molecule has 0 radical (unpaired) electrons. The topological polar surface area (TPSA) is 77.3 Å². The summed E-state index contributed by atoms with van der Waals surface area (Å²) < 4.78 is 0. The van der Waals surface area contributed by atoms with E-state index >= 15 is 0 Å². The van der Waals surface area contributed by atoms with Gasteiger partial charge in [-0.2, -0.15) is 5.26 Å². The first-order valence-electron chi connectivity index (χ1n) is 12.0. The molecule has 3 heterocycles. The molecule has 2 aliphatic rings. The molecule has 1 saturated heterocycles. The van der Waals surface area contributed by atoms with Gasteiger partial charge >= 0.3 is 0 Å². The fourth-order valence-corrected chi connectivity index (χ4v) is 5.20. The first kappa shape index (κ1) is 22.8. The van der Waals surface area contributed by atoms with Crippen molar-refractivity contribution in [3.63, 3.8) is 0 Å². The highest BCUT2D eigenvalue weighted by atomic mass is 16.2. The molecule has 1 atom stereocenters. The fourth-order valence-electron chi connectivity index (χ4n) is 5.20. The van der Waals surface area contributed by atoms with Crippen molar-refractivity contribution >= 4 is 23.2 Å². The number of pyridine rings is 1. The van der Waals surface area contributed by atoms with Crippen molar-refractivity contribution in [1.82, 2.24) is 4.98 Å². The summed E-state index contributed by atoms with van der Waals surface area (Å²) in [4.78, 5) is 34.0. The van der Waals surface area contributed by atoms with Crippen molar-refractivity contribution in [3.05, 3.63) is 89.2 Å². The van der Waals surface area contributed by atoms with Crippen LogP contribution in [0.2, 0.25) is 0 Å². The molecule has 2 amide bonds. The molecule has 0 saturated carbocycles. The minimum Gasteiger partial charge on any atom is -0.312 e. The zero-order valence-electron chi connectivity index (χ0n) is 20.1. The second-order valence-corrected chi connectivity index (χ2v) is 10.1. The van der Waals surface area contributed by atoms with Crippen molar-refractivity contribution < 1.29 is 9.59 Å². The largest absolute Gasteiger partial charge is 0.312 e. The lowest BCUT2D eigenvalue weighted by Crippen LogP contribution is -2.39. The van der Waals surface area contributed by atoms with Crippen LogP contribution in [0.15, 0.2) is 67.0 Å². The summed E-state index contributed by atoms with van der Waals surface area (Å²) in [5.74, 6) is -0.487. The Morgan fingerprint density at radius 2 is 1.86 bits per heavy atom. The summed E-state index contributed by atoms with van der Waals surface area (Å²) in [7, 11) is 0. The van der Waals surface area contributed by atoms with Crippen LogP contribution in [0.4, 0.5) is 11.4 Å². The van der Waals surface area contributed by atoms with Crippen molar-refractivity contribution in [2.24, 2.45) is 5.92 Å². The Morgan fingerprint density at radius 3 is 2.63 bits per heavy atom. The van der Waals surface area contributed by atoms with E-state index in [0.717, 1.165) is 18.5 Å². The number of benzene rings is 2. The number of amides is 2. The molecular formula is C29H28N4O2. The fraction of sp³-hybridized carbons (Fsp3) is 0.310. The Bertz CT molecular complexity index is 1330. The van der Waals surface area contributed by atoms with E-state index < -0.39 is 5.92 Å². The van der Waals surface area contributed by atoms with Gasteiger partial charge in [-0.25, -0.2) is 0 Å². The summed E-state index contributed by atoms with van der Waals surface area (Å²) in [5.41, 5.74) is 5.65. The van der Waals surface area contributed by atoms with Gasteiger partial charge in [0.1, 0.15) is 0 Å². The van der Waals surface area contributed by atoms with Crippen LogP contribution in [-0.4, -0.2) is 29.9 Å². The molecule has 0 bridgehead atoms. The molecule has 1 aromatic heterocycles. The minimum atomic E-state index is -0.402. The number of anilines is 2. The highest BCUT2D eigenvalue weighted by molar-refractivity contribution is 6.05. The van der Waals surface area contributed by atoms with Gasteiger partial charge in [0.2, 0.25) is 11.8 Å². The Kier molecular flexibility index (Phi) is 5.86. The summed E-state index contributed by atoms with van der Waals surface area (Å²) in [5, 5.41) is 9.19. The van der Waals surface area contributed by atoms with Gasteiger partial charge in [0.25, 0.3) is 0 Å². The van der Waals surface area contributed by atoms with Gasteiger partial charge in [0.15, 0.2) is 0 Å². The molecule has 0 spiro atoms. The highest BCUT2D eigenvalue weighted by Crippen LogP contribution is 2.42. The molecule has 1 unspecified atom stereocenters. The second-order valence-electron chi connectivity index (χ2n) is 10.1. The SMILES string of the molecule is CC1(C)CN(C(=O)C2CC(=O)N(c3cccc(C#N)c3)C2)c2ccc(CCc3ccncc3)cc21. The number of rotatable bonds is 5. The van der Waals surface area contributed by atoms with Crippen molar-refractivity contribution in [1.29, 1.82) is 5.26 Å². The molecule has 6 heteroatoms. The lowest BCUT2D eigenvalue weighted by atomic mass is 9.85. The van der Waals surface area contributed by atoms with Gasteiger partial charge in [-0.05, 0) is 65.9 Å². The van der Waals surface area contributed by atoms with Gasteiger partial charge < -0.3 is 9.80 Å². The van der Waals surface area contributed by atoms with E-state index in [0.29, 0.717) is 24.3 Å². The third kappa shape index (κ3) is 4.42. The van der Waals surface area contributed by atoms with Crippen LogP contribution in [-0.2, 0) is 27.8 Å². The van der Waals surface area contributed by atoms with Crippen molar-refractivity contribution in [3.8, 4) is 6.07 Å². The maximum atomic E-state index is 13.6. The molecule has 176 valence electrons. The van der Waals surface area contributed by atoms with E-state index in [4.69, 9.17) is 0 Å². The van der Waals surface area contributed by atoms with Crippen LogP contribution >= 0.6 is 0 Å². The highest BCUT2D eigenvalue weighted by Gasteiger charge is 2.43. The van der Waals surface area contributed by atoms with E-state index in [1.54, 1.807) is 23.1 Å². The predicted molar refractivity (Wildman–Crippen MR) is 135 cm³/mol. The molecule has 35 heavy (non-hydrogen) atoms. The summed E-state index contributed by atoms with van der Waals surface area (Å²) in [6.45, 7) is 5.28. The average molecular weight is 465 g/mol.